The highest BCUT2D eigenvalue weighted by Crippen LogP contribution is 2.25. The first-order chi connectivity index (χ1) is 9.13. The Labute approximate surface area is 120 Å². The molecule has 1 aliphatic rings. The van der Waals surface area contributed by atoms with Gasteiger partial charge in [-0.2, -0.15) is 4.98 Å². The molecule has 6 heteroatoms. The molecular formula is C13H16BrN5. The van der Waals surface area contributed by atoms with Crippen LogP contribution in [-0.2, 0) is 0 Å². The van der Waals surface area contributed by atoms with Crippen molar-refractivity contribution in [2.45, 2.75) is 19.4 Å². The molecule has 2 heterocycles. The Kier molecular flexibility index (Phi) is 3.28. The van der Waals surface area contributed by atoms with E-state index in [-0.39, 0.29) is 6.04 Å². The predicted molar refractivity (Wildman–Crippen MR) is 79.1 cm³/mol. The normalized spacial score (nSPS) is 19.1. The standard InChI is InChI=1S/C13H16BrN5/c1-8-2-3-9(6-11(8)14)12-16-13(18-17-12)19-5-4-10(15)7-19/h2-3,6,10H,4-5,7,15H2,1H3,(H,16,17,18). The van der Waals surface area contributed by atoms with Crippen LogP contribution in [-0.4, -0.2) is 34.3 Å². The minimum atomic E-state index is 0.232. The van der Waals surface area contributed by atoms with Crippen LogP contribution in [0.15, 0.2) is 22.7 Å². The summed E-state index contributed by atoms with van der Waals surface area (Å²) in [7, 11) is 0. The number of aromatic amines is 1. The molecule has 1 aliphatic heterocycles. The number of hydrogen-bond donors (Lipinski definition) is 2. The summed E-state index contributed by atoms with van der Waals surface area (Å²) in [6, 6.07) is 6.39. The second kappa shape index (κ2) is 4.94. The maximum absolute atomic E-state index is 5.90. The van der Waals surface area contributed by atoms with Crippen molar-refractivity contribution in [3.05, 3.63) is 28.2 Å². The third kappa shape index (κ3) is 2.50. The van der Waals surface area contributed by atoms with Crippen molar-refractivity contribution in [3.8, 4) is 11.4 Å². The van der Waals surface area contributed by atoms with E-state index in [9.17, 15) is 0 Å². The number of nitrogens with zero attached hydrogens (tertiary/aromatic N) is 3. The Morgan fingerprint density at radius 3 is 3.00 bits per heavy atom. The van der Waals surface area contributed by atoms with Gasteiger partial charge in [0.25, 0.3) is 0 Å². The second-order valence-corrected chi connectivity index (χ2v) is 5.80. The van der Waals surface area contributed by atoms with Gasteiger partial charge in [-0.05, 0) is 25.0 Å². The lowest BCUT2D eigenvalue weighted by Gasteiger charge is -2.11. The van der Waals surface area contributed by atoms with Crippen molar-refractivity contribution in [1.82, 2.24) is 15.2 Å². The molecule has 1 aromatic carbocycles. The fourth-order valence-electron chi connectivity index (χ4n) is 2.23. The minimum absolute atomic E-state index is 0.232. The van der Waals surface area contributed by atoms with Gasteiger partial charge in [0.05, 0.1) is 0 Å². The molecule has 0 saturated carbocycles. The first-order valence-corrected chi connectivity index (χ1v) is 7.12. The molecule has 1 atom stereocenters. The molecular weight excluding hydrogens is 306 g/mol. The molecule has 3 rings (SSSR count). The van der Waals surface area contributed by atoms with E-state index in [4.69, 9.17) is 5.73 Å². The lowest BCUT2D eigenvalue weighted by atomic mass is 10.1. The van der Waals surface area contributed by atoms with E-state index in [1.807, 2.05) is 6.07 Å². The molecule has 1 aromatic heterocycles. The third-order valence-electron chi connectivity index (χ3n) is 3.43. The molecule has 0 amide bonds. The Morgan fingerprint density at radius 2 is 2.32 bits per heavy atom. The Hall–Kier alpha value is -1.40. The van der Waals surface area contributed by atoms with Gasteiger partial charge in [0.1, 0.15) is 0 Å². The average Bonchev–Trinajstić information content (AvgIpc) is 3.01. The van der Waals surface area contributed by atoms with Gasteiger partial charge in [-0.1, -0.05) is 28.1 Å². The highest BCUT2D eigenvalue weighted by molar-refractivity contribution is 9.10. The van der Waals surface area contributed by atoms with Crippen molar-refractivity contribution >= 4 is 21.9 Å². The molecule has 0 aliphatic carbocycles. The van der Waals surface area contributed by atoms with Crippen molar-refractivity contribution < 1.29 is 0 Å². The molecule has 1 fully saturated rings. The summed E-state index contributed by atoms with van der Waals surface area (Å²) >= 11 is 3.54. The number of H-pyrrole nitrogens is 1. The smallest absolute Gasteiger partial charge is 0.245 e. The zero-order valence-corrected chi connectivity index (χ0v) is 12.3. The number of benzene rings is 1. The Bertz CT molecular complexity index is 594. The molecule has 100 valence electrons. The Morgan fingerprint density at radius 1 is 1.47 bits per heavy atom. The minimum Gasteiger partial charge on any atom is -0.338 e. The van der Waals surface area contributed by atoms with Crippen molar-refractivity contribution in [1.29, 1.82) is 0 Å². The molecule has 1 saturated heterocycles. The molecule has 5 nitrogen and oxygen atoms in total. The van der Waals surface area contributed by atoms with Crippen molar-refractivity contribution in [2.75, 3.05) is 18.0 Å². The van der Waals surface area contributed by atoms with Crippen LogP contribution < -0.4 is 10.6 Å². The highest BCUT2D eigenvalue weighted by Gasteiger charge is 2.22. The van der Waals surface area contributed by atoms with Crippen LogP contribution in [0.1, 0.15) is 12.0 Å². The molecule has 0 bridgehead atoms. The lowest BCUT2D eigenvalue weighted by Crippen LogP contribution is -2.26. The van der Waals surface area contributed by atoms with E-state index < -0.39 is 0 Å². The average molecular weight is 322 g/mol. The molecule has 2 aromatic rings. The zero-order valence-electron chi connectivity index (χ0n) is 10.7. The topological polar surface area (TPSA) is 70.8 Å². The number of halogens is 1. The highest BCUT2D eigenvalue weighted by atomic mass is 79.9. The molecule has 0 radical (unpaired) electrons. The van der Waals surface area contributed by atoms with E-state index in [1.54, 1.807) is 0 Å². The summed E-state index contributed by atoms with van der Waals surface area (Å²) in [4.78, 5) is 6.67. The van der Waals surface area contributed by atoms with Gasteiger partial charge in [0.2, 0.25) is 5.95 Å². The van der Waals surface area contributed by atoms with Gasteiger partial charge < -0.3 is 10.6 Å². The van der Waals surface area contributed by atoms with Gasteiger partial charge >= 0.3 is 0 Å². The van der Waals surface area contributed by atoms with Crippen LogP contribution in [0.3, 0.4) is 0 Å². The molecule has 3 N–H and O–H groups in total. The number of aryl methyl sites for hydroxylation is 1. The van der Waals surface area contributed by atoms with E-state index >= 15 is 0 Å². The van der Waals surface area contributed by atoms with E-state index in [1.165, 1.54) is 5.56 Å². The first kappa shape index (κ1) is 12.6. The van der Waals surface area contributed by atoms with Gasteiger partial charge in [-0.3, -0.25) is 5.10 Å². The van der Waals surface area contributed by atoms with Gasteiger partial charge in [0, 0.05) is 29.2 Å². The molecule has 19 heavy (non-hydrogen) atoms. The lowest BCUT2D eigenvalue weighted by molar-refractivity contribution is 0.750. The summed E-state index contributed by atoms with van der Waals surface area (Å²) in [5.74, 6) is 1.52. The van der Waals surface area contributed by atoms with Crippen molar-refractivity contribution in [2.24, 2.45) is 5.73 Å². The fraction of sp³-hybridized carbons (Fsp3) is 0.385. The van der Waals surface area contributed by atoms with E-state index in [0.717, 1.165) is 41.3 Å². The van der Waals surface area contributed by atoms with Crippen LogP contribution >= 0.6 is 15.9 Å². The summed E-state index contributed by atoms with van der Waals surface area (Å²) in [6.45, 7) is 3.82. The van der Waals surface area contributed by atoms with Crippen LogP contribution in [0.4, 0.5) is 5.95 Å². The largest absolute Gasteiger partial charge is 0.338 e. The SMILES string of the molecule is Cc1ccc(-c2nc(N3CCC(N)C3)n[nH]2)cc1Br. The third-order valence-corrected chi connectivity index (χ3v) is 4.28. The summed E-state index contributed by atoms with van der Waals surface area (Å²) in [5, 5.41) is 7.28. The van der Waals surface area contributed by atoms with E-state index in [0.29, 0.717) is 0 Å². The second-order valence-electron chi connectivity index (χ2n) is 4.94. The number of aromatic nitrogens is 3. The van der Waals surface area contributed by atoms with Crippen LogP contribution in [0.2, 0.25) is 0 Å². The molecule has 1 unspecified atom stereocenters. The number of nitrogens with two attached hydrogens (primary N) is 1. The number of rotatable bonds is 2. The number of nitrogens with one attached hydrogen (secondary N) is 1. The summed E-state index contributed by atoms with van der Waals surface area (Å²) in [6.07, 6.45) is 1.000. The quantitative estimate of drug-likeness (QED) is 0.888. The van der Waals surface area contributed by atoms with E-state index in [2.05, 4.69) is 55.1 Å². The monoisotopic (exact) mass is 321 g/mol. The summed E-state index contributed by atoms with van der Waals surface area (Å²) < 4.78 is 1.08. The number of anilines is 1. The van der Waals surface area contributed by atoms with Gasteiger partial charge in [-0.25, -0.2) is 0 Å². The van der Waals surface area contributed by atoms with Crippen molar-refractivity contribution in [3.63, 3.8) is 0 Å². The predicted octanol–water partition coefficient (Wildman–Crippen LogP) is 2.08. The fourth-order valence-corrected chi connectivity index (χ4v) is 2.61. The maximum Gasteiger partial charge on any atom is 0.245 e. The first-order valence-electron chi connectivity index (χ1n) is 6.33. The zero-order chi connectivity index (χ0) is 13.4. The molecule has 0 spiro atoms. The Balaban J connectivity index is 1.86. The summed E-state index contributed by atoms with van der Waals surface area (Å²) in [5.41, 5.74) is 8.13. The number of hydrogen-bond acceptors (Lipinski definition) is 4. The maximum atomic E-state index is 5.90. The van der Waals surface area contributed by atoms with Gasteiger partial charge in [0.15, 0.2) is 5.82 Å². The van der Waals surface area contributed by atoms with Crippen LogP contribution in [0, 0.1) is 6.92 Å². The van der Waals surface area contributed by atoms with Gasteiger partial charge in [-0.15, -0.1) is 5.10 Å². The van der Waals surface area contributed by atoms with Crippen LogP contribution in [0.25, 0.3) is 11.4 Å². The van der Waals surface area contributed by atoms with Crippen LogP contribution in [0.5, 0.6) is 0 Å².